The van der Waals surface area contributed by atoms with Crippen molar-refractivity contribution in [2.24, 2.45) is 0 Å². The van der Waals surface area contributed by atoms with E-state index in [-0.39, 0.29) is 11.4 Å². The fourth-order valence-corrected chi connectivity index (χ4v) is 3.37. The second-order valence-corrected chi connectivity index (χ2v) is 7.01. The molecular formula is C12H16BrNOS. The fraction of sp³-hybridized carbons (Fsp3) is 0.583. The molecule has 1 aliphatic carbocycles. The fourth-order valence-electron chi connectivity index (χ4n) is 2.23. The Balaban J connectivity index is 2.01. The molecule has 1 heterocycles. The first-order valence-electron chi connectivity index (χ1n) is 5.66. The summed E-state index contributed by atoms with van der Waals surface area (Å²) in [6, 6.07) is 1.88. The molecule has 1 aromatic rings. The highest BCUT2D eigenvalue weighted by Crippen LogP contribution is 2.28. The number of nitrogens with one attached hydrogen (secondary N) is 1. The average molecular weight is 302 g/mol. The first-order valence-corrected chi connectivity index (χ1v) is 7.33. The predicted molar refractivity (Wildman–Crippen MR) is 71.0 cm³/mol. The van der Waals surface area contributed by atoms with Gasteiger partial charge in [0, 0.05) is 10.9 Å². The summed E-state index contributed by atoms with van der Waals surface area (Å²) in [5, 5.41) is 5.07. The molecule has 0 radical (unpaired) electrons. The van der Waals surface area contributed by atoms with Gasteiger partial charge < -0.3 is 5.32 Å². The summed E-state index contributed by atoms with van der Waals surface area (Å²) in [6.07, 6.45) is 5.96. The lowest BCUT2D eigenvalue weighted by Gasteiger charge is -2.34. The molecule has 0 saturated heterocycles. The van der Waals surface area contributed by atoms with Crippen LogP contribution in [0.4, 0.5) is 0 Å². The zero-order valence-electron chi connectivity index (χ0n) is 9.38. The van der Waals surface area contributed by atoms with E-state index in [2.05, 4.69) is 28.2 Å². The Morgan fingerprint density at radius 1 is 1.44 bits per heavy atom. The monoisotopic (exact) mass is 301 g/mol. The van der Waals surface area contributed by atoms with Gasteiger partial charge in [0.2, 0.25) is 0 Å². The van der Waals surface area contributed by atoms with Gasteiger partial charge in [0.25, 0.3) is 5.91 Å². The smallest absolute Gasteiger partial charge is 0.252 e. The zero-order valence-corrected chi connectivity index (χ0v) is 11.8. The summed E-state index contributed by atoms with van der Waals surface area (Å²) in [6.45, 7) is 2.16. The van der Waals surface area contributed by atoms with Crippen molar-refractivity contribution in [2.45, 2.75) is 44.6 Å². The second kappa shape index (κ2) is 4.88. The molecule has 1 aliphatic rings. The minimum atomic E-state index is 0.00372. The van der Waals surface area contributed by atoms with Gasteiger partial charge in [-0.25, -0.2) is 0 Å². The number of amides is 1. The van der Waals surface area contributed by atoms with Crippen LogP contribution in [0.15, 0.2) is 15.2 Å². The maximum atomic E-state index is 12.0. The Labute approximate surface area is 109 Å². The summed E-state index contributed by atoms with van der Waals surface area (Å²) in [7, 11) is 0. The van der Waals surface area contributed by atoms with Crippen molar-refractivity contribution in [3.8, 4) is 0 Å². The number of rotatable bonds is 2. The van der Waals surface area contributed by atoms with Crippen molar-refractivity contribution in [1.29, 1.82) is 0 Å². The van der Waals surface area contributed by atoms with E-state index in [9.17, 15) is 4.79 Å². The SMILES string of the molecule is CC1(NC(=O)c2csc(Br)c2)CCCCC1. The molecule has 1 aromatic heterocycles. The van der Waals surface area contributed by atoms with Gasteiger partial charge in [0.1, 0.15) is 0 Å². The van der Waals surface area contributed by atoms with Gasteiger partial charge in [-0.1, -0.05) is 19.3 Å². The minimum absolute atomic E-state index is 0.00372. The molecule has 4 heteroatoms. The van der Waals surface area contributed by atoms with Crippen molar-refractivity contribution in [2.75, 3.05) is 0 Å². The molecule has 0 unspecified atom stereocenters. The number of halogens is 1. The molecule has 1 fully saturated rings. The highest BCUT2D eigenvalue weighted by atomic mass is 79.9. The minimum Gasteiger partial charge on any atom is -0.347 e. The van der Waals surface area contributed by atoms with E-state index in [1.165, 1.54) is 19.3 Å². The summed E-state index contributed by atoms with van der Waals surface area (Å²) < 4.78 is 1.01. The van der Waals surface area contributed by atoms with Crippen LogP contribution < -0.4 is 5.32 Å². The number of carbonyl (C=O) groups excluding carboxylic acids is 1. The Bertz CT molecular complexity index is 382. The van der Waals surface area contributed by atoms with Crippen LogP contribution in [-0.4, -0.2) is 11.4 Å². The summed E-state index contributed by atoms with van der Waals surface area (Å²) >= 11 is 4.93. The van der Waals surface area contributed by atoms with E-state index in [0.29, 0.717) is 0 Å². The lowest BCUT2D eigenvalue weighted by atomic mass is 9.83. The van der Waals surface area contributed by atoms with Crippen molar-refractivity contribution in [1.82, 2.24) is 5.32 Å². The molecule has 0 aromatic carbocycles. The van der Waals surface area contributed by atoms with Crippen LogP contribution in [0.5, 0.6) is 0 Å². The Morgan fingerprint density at radius 3 is 2.69 bits per heavy atom. The van der Waals surface area contributed by atoms with E-state index in [0.717, 1.165) is 22.2 Å². The second-order valence-electron chi connectivity index (χ2n) is 4.71. The Hall–Kier alpha value is -0.350. The topological polar surface area (TPSA) is 29.1 Å². The zero-order chi connectivity index (χ0) is 11.6. The molecule has 2 nitrogen and oxygen atoms in total. The maximum absolute atomic E-state index is 12.0. The summed E-state index contributed by atoms with van der Waals surface area (Å²) in [4.78, 5) is 12.0. The standard InChI is InChI=1S/C12H16BrNOS/c1-12(5-3-2-4-6-12)14-11(15)9-7-10(13)16-8-9/h7-8H,2-6H2,1H3,(H,14,15). The number of hydrogen-bond donors (Lipinski definition) is 1. The van der Waals surface area contributed by atoms with Crippen molar-refractivity contribution in [3.63, 3.8) is 0 Å². The quantitative estimate of drug-likeness (QED) is 0.880. The van der Waals surface area contributed by atoms with Crippen molar-refractivity contribution >= 4 is 33.2 Å². The lowest BCUT2D eigenvalue weighted by molar-refractivity contribution is 0.0883. The summed E-state index contributed by atoms with van der Waals surface area (Å²) in [5.41, 5.74) is 0.771. The molecule has 88 valence electrons. The van der Waals surface area contributed by atoms with Gasteiger partial charge in [-0.2, -0.15) is 0 Å². The third kappa shape index (κ3) is 2.86. The van der Waals surface area contributed by atoms with Crippen LogP contribution in [-0.2, 0) is 0 Å². The normalized spacial score (nSPS) is 19.4. The molecule has 0 bridgehead atoms. The maximum Gasteiger partial charge on any atom is 0.252 e. The number of hydrogen-bond acceptors (Lipinski definition) is 2. The molecule has 1 N–H and O–H groups in total. The van der Waals surface area contributed by atoms with Crippen LogP contribution in [0.1, 0.15) is 49.4 Å². The van der Waals surface area contributed by atoms with Crippen molar-refractivity contribution in [3.05, 3.63) is 20.8 Å². The van der Waals surface area contributed by atoms with E-state index in [1.807, 2.05) is 11.4 Å². The Morgan fingerprint density at radius 2 is 2.12 bits per heavy atom. The van der Waals surface area contributed by atoms with Gasteiger partial charge in [0.05, 0.1) is 9.35 Å². The molecule has 1 saturated carbocycles. The van der Waals surface area contributed by atoms with Crippen LogP contribution in [0.25, 0.3) is 0 Å². The number of thiophene rings is 1. The Kier molecular flexibility index (Phi) is 3.70. The average Bonchev–Trinajstić information content (AvgIpc) is 2.65. The number of carbonyl (C=O) groups is 1. The van der Waals surface area contributed by atoms with E-state index in [1.54, 1.807) is 11.3 Å². The first-order chi connectivity index (χ1) is 7.59. The van der Waals surface area contributed by atoms with Gasteiger partial charge in [-0.05, 0) is 41.8 Å². The molecular weight excluding hydrogens is 286 g/mol. The molecule has 1 amide bonds. The van der Waals surface area contributed by atoms with Gasteiger partial charge in [-0.3, -0.25) is 4.79 Å². The lowest BCUT2D eigenvalue weighted by Crippen LogP contribution is -2.47. The summed E-state index contributed by atoms with van der Waals surface area (Å²) in [5.74, 6) is 0.0614. The molecule has 0 atom stereocenters. The van der Waals surface area contributed by atoms with Crippen LogP contribution >= 0.6 is 27.3 Å². The van der Waals surface area contributed by atoms with E-state index in [4.69, 9.17) is 0 Å². The van der Waals surface area contributed by atoms with Gasteiger partial charge >= 0.3 is 0 Å². The molecule has 0 aliphatic heterocycles. The highest BCUT2D eigenvalue weighted by Gasteiger charge is 2.28. The third-order valence-corrected chi connectivity index (χ3v) is 4.71. The van der Waals surface area contributed by atoms with Gasteiger partial charge in [-0.15, -0.1) is 11.3 Å². The first kappa shape index (κ1) is 12.1. The molecule has 2 rings (SSSR count). The predicted octanol–water partition coefficient (Wildman–Crippen LogP) is 3.96. The van der Waals surface area contributed by atoms with Crippen LogP contribution in [0, 0.1) is 0 Å². The third-order valence-electron chi connectivity index (χ3n) is 3.20. The van der Waals surface area contributed by atoms with Crippen LogP contribution in [0.2, 0.25) is 0 Å². The highest BCUT2D eigenvalue weighted by molar-refractivity contribution is 9.11. The largest absolute Gasteiger partial charge is 0.347 e. The van der Waals surface area contributed by atoms with E-state index >= 15 is 0 Å². The molecule has 0 spiro atoms. The van der Waals surface area contributed by atoms with E-state index < -0.39 is 0 Å². The van der Waals surface area contributed by atoms with Gasteiger partial charge in [0.15, 0.2) is 0 Å². The van der Waals surface area contributed by atoms with Crippen molar-refractivity contribution < 1.29 is 4.79 Å². The van der Waals surface area contributed by atoms with Crippen LogP contribution in [0.3, 0.4) is 0 Å². The molecule has 16 heavy (non-hydrogen) atoms.